The molecule has 0 bridgehead atoms. The topological polar surface area (TPSA) is 114 Å². The number of hydrogen-bond acceptors (Lipinski definition) is 8. The number of carbonyl (C=O) groups is 1. The third-order valence-corrected chi connectivity index (χ3v) is 7.09. The molecule has 1 amide bonds. The molecule has 1 aromatic carbocycles. The number of anilines is 4. The van der Waals surface area contributed by atoms with Gasteiger partial charge in [-0.3, -0.25) is 19.9 Å². The van der Waals surface area contributed by atoms with Crippen LogP contribution in [-0.4, -0.2) is 64.2 Å². The average molecular weight is 498 g/mol. The van der Waals surface area contributed by atoms with Gasteiger partial charge in [0.15, 0.2) is 0 Å². The Hall–Kier alpha value is -4.18. The lowest BCUT2D eigenvalue weighted by molar-refractivity contribution is -0.118. The molecule has 2 aliphatic heterocycles. The van der Waals surface area contributed by atoms with E-state index in [0.29, 0.717) is 5.69 Å². The molecule has 190 valence electrons. The summed E-state index contributed by atoms with van der Waals surface area (Å²) in [4.78, 5) is 25.7. The number of H-pyrrole nitrogens is 1. The van der Waals surface area contributed by atoms with Crippen LogP contribution in [0, 0.1) is 5.92 Å². The number of nitrogens with one attached hydrogen (secondary N) is 4. The van der Waals surface area contributed by atoms with Crippen LogP contribution in [0.5, 0.6) is 0 Å². The number of hydrogen-bond donors (Lipinski definition) is 4. The van der Waals surface area contributed by atoms with Gasteiger partial charge < -0.3 is 25.8 Å². The van der Waals surface area contributed by atoms with Crippen molar-refractivity contribution in [3.05, 3.63) is 54.7 Å². The van der Waals surface area contributed by atoms with Gasteiger partial charge in [0, 0.05) is 49.2 Å². The Bertz CT molecular complexity index is 1460. The fourth-order valence-corrected chi connectivity index (χ4v) is 4.86. The number of amides is 1. The van der Waals surface area contributed by atoms with Crippen molar-refractivity contribution in [2.45, 2.75) is 20.0 Å². The zero-order valence-electron chi connectivity index (χ0n) is 21.2. The van der Waals surface area contributed by atoms with Crippen LogP contribution >= 0.6 is 0 Å². The molecule has 1 saturated heterocycles. The van der Waals surface area contributed by atoms with Crippen molar-refractivity contribution < 1.29 is 4.79 Å². The van der Waals surface area contributed by atoms with Crippen molar-refractivity contribution in [2.24, 2.45) is 5.92 Å². The standard InChI is InChI=1S/C27H31N9O/c1-16(2)27(37)30-19-10-18(12-28-13-19)17-4-5-21-20(11-17)24(34-33-21)26-31-22-14-29-15-23(25(22)32-26)36-8-6-35(3)7-9-36/h4-5,10-16,26,31-32H,6-9H2,1-3H3,(H,30,37)(H,33,34). The van der Waals surface area contributed by atoms with Crippen LogP contribution in [0.4, 0.5) is 22.7 Å². The number of aromatic nitrogens is 4. The molecule has 6 rings (SSSR count). The minimum atomic E-state index is -0.166. The first-order chi connectivity index (χ1) is 18.0. The number of likely N-dealkylation sites (N-methyl/N-ethyl adjacent to an activating group) is 1. The van der Waals surface area contributed by atoms with Crippen molar-refractivity contribution >= 4 is 39.6 Å². The molecule has 0 radical (unpaired) electrons. The highest BCUT2D eigenvalue weighted by molar-refractivity contribution is 5.93. The zero-order chi connectivity index (χ0) is 25.5. The van der Waals surface area contributed by atoms with E-state index in [0.717, 1.165) is 71.0 Å². The molecule has 1 unspecified atom stereocenters. The van der Waals surface area contributed by atoms with Gasteiger partial charge in [-0.05, 0) is 30.8 Å². The third-order valence-electron chi connectivity index (χ3n) is 7.09. The van der Waals surface area contributed by atoms with Crippen molar-refractivity contribution in [1.82, 2.24) is 25.1 Å². The average Bonchev–Trinajstić information content (AvgIpc) is 3.53. The summed E-state index contributed by atoms with van der Waals surface area (Å²) in [5, 5.41) is 19.0. The van der Waals surface area contributed by atoms with Crippen molar-refractivity contribution in [3.8, 4) is 11.1 Å². The normalized spacial score (nSPS) is 17.5. The summed E-state index contributed by atoms with van der Waals surface area (Å²) in [6.45, 7) is 7.75. The van der Waals surface area contributed by atoms with Crippen LogP contribution in [0.15, 0.2) is 49.1 Å². The summed E-state index contributed by atoms with van der Waals surface area (Å²) in [6, 6.07) is 8.09. The zero-order valence-corrected chi connectivity index (χ0v) is 21.2. The Labute approximate surface area is 215 Å². The molecule has 10 heteroatoms. The summed E-state index contributed by atoms with van der Waals surface area (Å²) in [6.07, 6.45) is 7.13. The van der Waals surface area contributed by atoms with E-state index >= 15 is 0 Å². The molecule has 1 atom stereocenters. The molecule has 4 aromatic rings. The molecule has 2 aliphatic rings. The predicted octanol–water partition coefficient (Wildman–Crippen LogP) is 3.90. The summed E-state index contributed by atoms with van der Waals surface area (Å²) in [5.41, 5.74) is 7.62. The lowest BCUT2D eigenvalue weighted by Crippen LogP contribution is -2.44. The van der Waals surface area contributed by atoms with Crippen LogP contribution in [-0.2, 0) is 4.79 Å². The van der Waals surface area contributed by atoms with E-state index in [-0.39, 0.29) is 18.0 Å². The molecule has 0 spiro atoms. The smallest absolute Gasteiger partial charge is 0.226 e. The molecule has 10 nitrogen and oxygen atoms in total. The van der Waals surface area contributed by atoms with Gasteiger partial charge >= 0.3 is 0 Å². The van der Waals surface area contributed by atoms with E-state index < -0.39 is 0 Å². The molecule has 4 N–H and O–H groups in total. The predicted molar refractivity (Wildman–Crippen MR) is 147 cm³/mol. The highest BCUT2D eigenvalue weighted by atomic mass is 16.1. The highest BCUT2D eigenvalue weighted by Crippen LogP contribution is 2.42. The van der Waals surface area contributed by atoms with Gasteiger partial charge in [0.25, 0.3) is 0 Å². The number of rotatable bonds is 5. The van der Waals surface area contributed by atoms with Crippen molar-refractivity contribution in [3.63, 3.8) is 0 Å². The Kier molecular flexibility index (Phi) is 5.88. The fraction of sp³-hybridized carbons (Fsp3) is 0.333. The first kappa shape index (κ1) is 23.2. The summed E-state index contributed by atoms with van der Waals surface area (Å²) >= 11 is 0. The van der Waals surface area contributed by atoms with E-state index in [1.165, 1.54) is 0 Å². The molecule has 3 aromatic heterocycles. The van der Waals surface area contributed by atoms with Crippen LogP contribution in [0.1, 0.15) is 25.7 Å². The van der Waals surface area contributed by atoms with Crippen LogP contribution < -0.4 is 20.9 Å². The van der Waals surface area contributed by atoms with Crippen molar-refractivity contribution in [1.29, 1.82) is 0 Å². The number of fused-ring (bicyclic) bond motifs is 2. The number of benzene rings is 1. The molecular formula is C27H31N9O. The van der Waals surface area contributed by atoms with Crippen LogP contribution in [0.3, 0.4) is 0 Å². The third kappa shape index (κ3) is 4.44. The largest absolute Gasteiger partial charge is 0.366 e. The van der Waals surface area contributed by atoms with E-state index in [9.17, 15) is 4.79 Å². The maximum Gasteiger partial charge on any atom is 0.226 e. The first-order valence-corrected chi connectivity index (χ1v) is 12.6. The van der Waals surface area contributed by atoms with E-state index in [2.05, 4.69) is 59.0 Å². The second kappa shape index (κ2) is 9.36. The maximum atomic E-state index is 12.1. The Balaban J connectivity index is 1.28. The maximum absolute atomic E-state index is 12.1. The summed E-state index contributed by atoms with van der Waals surface area (Å²) in [5.74, 6) is -0.133. The lowest BCUT2D eigenvalue weighted by atomic mass is 10.0. The molecule has 0 aliphatic carbocycles. The van der Waals surface area contributed by atoms with E-state index in [1.54, 1.807) is 6.20 Å². The number of piperazine rings is 1. The van der Waals surface area contributed by atoms with Gasteiger partial charge in [0.05, 0.1) is 52.6 Å². The van der Waals surface area contributed by atoms with E-state index in [1.807, 2.05) is 50.6 Å². The Morgan fingerprint density at radius 2 is 1.81 bits per heavy atom. The number of carbonyl (C=O) groups excluding carboxylic acids is 1. The van der Waals surface area contributed by atoms with Gasteiger partial charge in [-0.15, -0.1) is 0 Å². The minimum Gasteiger partial charge on any atom is -0.366 e. The molecule has 5 heterocycles. The molecule has 37 heavy (non-hydrogen) atoms. The molecule has 0 saturated carbocycles. The van der Waals surface area contributed by atoms with Crippen LogP contribution in [0.25, 0.3) is 22.0 Å². The summed E-state index contributed by atoms with van der Waals surface area (Å²) in [7, 11) is 2.16. The van der Waals surface area contributed by atoms with Gasteiger partial charge in [0.1, 0.15) is 6.17 Å². The van der Waals surface area contributed by atoms with Gasteiger partial charge in [-0.25, -0.2) is 0 Å². The number of pyridine rings is 2. The molecule has 1 fully saturated rings. The number of nitrogens with zero attached hydrogens (tertiary/aromatic N) is 5. The lowest BCUT2D eigenvalue weighted by Gasteiger charge is -2.34. The Morgan fingerprint density at radius 1 is 1.00 bits per heavy atom. The highest BCUT2D eigenvalue weighted by Gasteiger charge is 2.29. The quantitative estimate of drug-likeness (QED) is 0.328. The van der Waals surface area contributed by atoms with Gasteiger partial charge in [0.2, 0.25) is 5.91 Å². The SMILES string of the molecule is CC(C)C(=O)Nc1cncc(-c2ccc3n[nH]c(C4Nc5cncc(N6CCN(C)CC6)c5N4)c3c2)c1. The fourth-order valence-electron chi connectivity index (χ4n) is 4.86. The monoisotopic (exact) mass is 497 g/mol. The van der Waals surface area contributed by atoms with Crippen LogP contribution in [0.2, 0.25) is 0 Å². The van der Waals surface area contributed by atoms with Gasteiger partial charge in [-0.2, -0.15) is 5.10 Å². The first-order valence-electron chi connectivity index (χ1n) is 12.6. The minimum absolute atomic E-state index is 0.0325. The summed E-state index contributed by atoms with van der Waals surface area (Å²) < 4.78 is 0. The van der Waals surface area contributed by atoms with E-state index in [4.69, 9.17) is 0 Å². The van der Waals surface area contributed by atoms with Gasteiger partial charge in [-0.1, -0.05) is 19.9 Å². The Morgan fingerprint density at radius 3 is 2.62 bits per heavy atom. The molecular weight excluding hydrogens is 466 g/mol. The second-order valence-electron chi connectivity index (χ2n) is 10.1. The van der Waals surface area contributed by atoms with Crippen molar-refractivity contribution in [2.75, 3.05) is 54.1 Å². The number of aromatic amines is 1. The second-order valence-corrected chi connectivity index (χ2v) is 10.1.